The number of nitrogens with one attached hydrogen (secondary N) is 2. The standard InChI is InChI=1S/C12H24N2O4/c1-5-12(6-2,10(15)16)14-11(17)13-8-9(4)18-7-3/h9H,5-8H2,1-4H3,(H,15,16)(H2,13,14,17). The first-order chi connectivity index (χ1) is 8.41. The predicted octanol–water partition coefficient (Wildman–Crippen LogP) is 1.35. The molecule has 0 aromatic rings. The molecule has 6 heteroatoms. The second-order valence-electron chi connectivity index (χ2n) is 4.20. The number of carbonyl (C=O) groups excluding carboxylic acids is 1. The average molecular weight is 260 g/mol. The van der Waals surface area contributed by atoms with Crippen LogP contribution in [0.15, 0.2) is 0 Å². The molecule has 1 atom stereocenters. The van der Waals surface area contributed by atoms with Gasteiger partial charge < -0.3 is 20.5 Å². The highest BCUT2D eigenvalue weighted by atomic mass is 16.5. The summed E-state index contributed by atoms with van der Waals surface area (Å²) >= 11 is 0. The lowest BCUT2D eigenvalue weighted by molar-refractivity contribution is -0.144. The lowest BCUT2D eigenvalue weighted by Crippen LogP contribution is -2.57. The van der Waals surface area contributed by atoms with Gasteiger partial charge in [0.05, 0.1) is 6.10 Å². The summed E-state index contributed by atoms with van der Waals surface area (Å²) in [5.41, 5.74) is -1.20. The van der Waals surface area contributed by atoms with E-state index in [0.717, 1.165) is 0 Å². The van der Waals surface area contributed by atoms with Crippen LogP contribution in [-0.2, 0) is 9.53 Å². The van der Waals surface area contributed by atoms with Gasteiger partial charge in [0.1, 0.15) is 5.54 Å². The Morgan fingerprint density at radius 2 is 1.83 bits per heavy atom. The highest BCUT2D eigenvalue weighted by Gasteiger charge is 2.36. The third kappa shape index (κ3) is 4.91. The van der Waals surface area contributed by atoms with Crippen molar-refractivity contribution in [3.05, 3.63) is 0 Å². The monoisotopic (exact) mass is 260 g/mol. The number of amides is 2. The number of hydrogen-bond donors (Lipinski definition) is 3. The van der Waals surface area contributed by atoms with Gasteiger partial charge in [-0.1, -0.05) is 13.8 Å². The van der Waals surface area contributed by atoms with Crippen molar-refractivity contribution in [2.45, 2.75) is 52.2 Å². The molecule has 0 aromatic carbocycles. The number of ether oxygens (including phenoxy) is 1. The van der Waals surface area contributed by atoms with Crippen LogP contribution >= 0.6 is 0 Å². The predicted molar refractivity (Wildman–Crippen MR) is 68.6 cm³/mol. The zero-order valence-corrected chi connectivity index (χ0v) is 11.6. The third-order valence-corrected chi connectivity index (χ3v) is 2.97. The summed E-state index contributed by atoms with van der Waals surface area (Å²) < 4.78 is 5.26. The van der Waals surface area contributed by atoms with E-state index in [1.165, 1.54) is 0 Å². The van der Waals surface area contributed by atoms with Crippen LogP contribution in [0.2, 0.25) is 0 Å². The van der Waals surface area contributed by atoms with Crippen LogP contribution in [0.25, 0.3) is 0 Å². The maximum atomic E-state index is 11.6. The maximum absolute atomic E-state index is 11.6. The first kappa shape index (κ1) is 16.7. The van der Waals surface area contributed by atoms with Crippen LogP contribution in [0.4, 0.5) is 4.79 Å². The van der Waals surface area contributed by atoms with Gasteiger partial charge in [0.15, 0.2) is 0 Å². The number of carboxylic acids is 1. The van der Waals surface area contributed by atoms with E-state index in [0.29, 0.717) is 26.0 Å². The lowest BCUT2D eigenvalue weighted by atomic mass is 9.93. The van der Waals surface area contributed by atoms with Crippen LogP contribution in [0.1, 0.15) is 40.5 Å². The van der Waals surface area contributed by atoms with Gasteiger partial charge in [-0.25, -0.2) is 9.59 Å². The molecule has 0 fully saturated rings. The summed E-state index contributed by atoms with van der Waals surface area (Å²) in [6.07, 6.45) is 0.587. The van der Waals surface area contributed by atoms with Crippen molar-refractivity contribution in [2.75, 3.05) is 13.2 Å². The lowest BCUT2D eigenvalue weighted by Gasteiger charge is -2.28. The molecule has 106 valence electrons. The number of urea groups is 1. The topological polar surface area (TPSA) is 87.7 Å². The summed E-state index contributed by atoms with van der Waals surface area (Å²) in [6, 6.07) is -0.479. The van der Waals surface area contributed by atoms with Crippen molar-refractivity contribution < 1.29 is 19.4 Å². The first-order valence-electron chi connectivity index (χ1n) is 6.32. The van der Waals surface area contributed by atoms with Crippen LogP contribution in [0, 0.1) is 0 Å². The van der Waals surface area contributed by atoms with Crippen molar-refractivity contribution in [3.63, 3.8) is 0 Å². The van der Waals surface area contributed by atoms with E-state index in [1.54, 1.807) is 13.8 Å². The number of carboxylic acid groups (broad SMARTS) is 1. The third-order valence-electron chi connectivity index (χ3n) is 2.97. The molecule has 0 heterocycles. The van der Waals surface area contributed by atoms with Crippen molar-refractivity contribution >= 4 is 12.0 Å². The van der Waals surface area contributed by atoms with Crippen LogP contribution in [-0.4, -0.2) is 41.9 Å². The van der Waals surface area contributed by atoms with E-state index in [9.17, 15) is 9.59 Å². The number of carbonyl (C=O) groups is 2. The summed E-state index contributed by atoms with van der Waals surface area (Å²) in [7, 11) is 0. The normalized spacial score (nSPS) is 12.9. The van der Waals surface area contributed by atoms with Gasteiger partial charge in [-0.15, -0.1) is 0 Å². The zero-order chi connectivity index (χ0) is 14.2. The molecule has 0 saturated heterocycles. The largest absolute Gasteiger partial charge is 0.480 e. The number of rotatable bonds is 8. The summed E-state index contributed by atoms with van der Waals surface area (Å²) in [6.45, 7) is 8.12. The molecule has 0 aliphatic heterocycles. The van der Waals surface area contributed by atoms with E-state index in [4.69, 9.17) is 9.84 Å². The minimum atomic E-state index is -1.20. The van der Waals surface area contributed by atoms with Crippen molar-refractivity contribution in [2.24, 2.45) is 0 Å². The fourth-order valence-corrected chi connectivity index (χ4v) is 1.62. The van der Waals surface area contributed by atoms with E-state index >= 15 is 0 Å². The van der Waals surface area contributed by atoms with Gasteiger partial charge in [0, 0.05) is 13.2 Å². The molecule has 0 aliphatic rings. The quantitative estimate of drug-likeness (QED) is 0.615. The van der Waals surface area contributed by atoms with Gasteiger partial charge in [-0.3, -0.25) is 0 Å². The van der Waals surface area contributed by atoms with Crippen molar-refractivity contribution in [1.29, 1.82) is 0 Å². The number of aliphatic carboxylic acids is 1. The maximum Gasteiger partial charge on any atom is 0.329 e. The Labute approximate surface area is 108 Å². The molecular formula is C12H24N2O4. The van der Waals surface area contributed by atoms with Crippen LogP contribution in [0.3, 0.4) is 0 Å². The Morgan fingerprint density at radius 1 is 1.28 bits per heavy atom. The van der Waals surface area contributed by atoms with Gasteiger partial charge in [-0.2, -0.15) is 0 Å². The second kappa shape index (κ2) is 7.92. The molecule has 1 unspecified atom stereocenters. The highest BCUT2D eigenvalue weighted by molar-refractivity contribution is 5.86. The van der Waals surface area contributed by atoms with Gasteiger partial charge in [0.2, 0.25) is 0 Å². The molecular weight excluding hydrogens is 236 g/mol. The van der Waals surface area contributed by atoms with Gasteiger partial charge in [-0.05, 0) is 26.7 Å². The summed E-state index contributed by atoms with van der Waals surface area (Å²) in [4.78, 5) is 22.8. The van der Waals surface area contributed by atoms with E-state index < -0.39 is 17.5 Å². The fourth-order valence-electron chi connectivity index (χ4n) is 1.62. The Kier molecular flexibility index (Phi) is 7.35. The first-order valence-corrected chi connectivity index (χ1v) is 6.32. The second-order valence-corrected chi connectivity index (χ2v) is 4.20. The molecule has 6 nitrogen and oxygen atoms in total. The Balaban J connectivity index is 4.32. The smallest absolute Gasteiger partial charge is 0.329 e. The Morgan fingerprint density at radius 3 is 2.22 bits per heavy atom. The molecule has 0 spiro atoms. The summed E-state index contributed by atoms with van der Waals surface area (Å²) in [5.74, 6) is -1.01. The Bertz CT molecular complexity index is 277. The molecule has 3 N–H and O–H groups in total. The van der Waals surface area contributed by atoms with E-state index in [1.807, 2.05) is 13.8 Å². The molecule has 0 aliphatic carbocycles. The average Bonchev–Trinajstić information content (AvgIpc) is 2.33. The molecule has 0 radical (unpaired) electrons. The molecule has 18 heavy (non-hydrogen) atoms. The molecule has 0 rings (SSSR count). The molecule has 0 saturated carbocycles. The van der Waals surface area contributed by atoms with Gasteiger partial charge in [0.25, 0.3) is 0 Å². The molecule has 2 amide bonds. The van der Waals surface area contributed by atoms with Crippen molar-refractivity contribution in [3.8, 4) is 0 Å². The highest BCUT2D eigenvalue weighted by Crippen LogP contribution is 2.15. The van der Waals surface area contributed by atoms with Crippen LogP contribution in [0.5, 0.6) is 0 Å². The van der Waals surface area contributed by atoms with Gasteiger partial charge >= 0.3 is 12.0 Å². The minimum Gasteiger partial charge on any atom is -0.480 e. The fraction of sp³-hybridized carbons (Fsp3) is 0.833. The summed E-state index contributed by atoms with van der Waals surface area (Å²) in [5, 5.41) is 14.3. The van der Waals surface area contributed by atoms with Crippen LogP contribution < -0.4 is 10.6 Å². The SMILES string of the molecule is CCOC(C)CNC(=O)NC(CC)(CC)C(=O)O. The number of hydrogen-bond acceptors (Lipinski definition) is 3. The van der Waals surface area contributed by atoms with E-state index in [2.05, 4.69) is 10.6 Å². The zero-order valence-electron chi connectivity index (χ0n) is 11.6. The molecule has 0 bridgehead atoms. The Hall–Kier alpha value is -1.30. The van der Waals surface area contributed by atoms with E-state index in [-0.39, 0.29) is 6.10 Å². The van der Waals surface area contributed by atoms with Crippen molar-refractivity contribution in [1.82, 2.24) is 10.6 Å². The minimum absolute atomic E-state index is 0.0942. The molecule has 0 aromatic heterocycles.